The van der Waals surface area contributed by atoms with Crippen molar-refractivity contribution in [2.45, 2.75) is 13.0 Å². The smallest absolute Gasteiger partial charge is 0.280 e. The highest BCUT2D eigenvalue weighted by atomic mass is 35.5. The molecule has 3 aromatic heterocycles. The highest BCUT2D eigenvalue weighted by Gasteiger charge is 2.14. The Morgan fingerprint density at radius 1 is 1.11 bits per heavy atom. The van der Waals surface area contributed by atoms with E-state index >= 15 is 0 Å². The molecule has 138 valence electrons. The molecule has 0 aliphatic rings. The SMILES string of the molecule is CN(C)CCCn1ccc2c(nnc3c(-c4ccc(Cl)cc4)cnn32)c1=O. The van der Waals surface area contributed by atoms with Crippen molar-refractivity contribution in [1.29, 1.82) is 0 Å². The molecule has 0 saturated carbocycles. The molecule has 0 N–H and O–H groups in total. The van der Waals surface area contributed by atoms with Gasteiger partial charge in [0.15, 0.2) is 11.2 Å². The van der Waals surface area contributed by atoms with Gasteiger partial charge in [-0.2, -0.15) is 5.10 Å². The fraction of sp³-hybridized carbons (Fsp3) is 0.263. The zero-order valence-electron chi connectivity index (χ0n) is 15.1. The molecule has 0 unspecified atom stereocenters. The summed E-state index contributed by atoms with van der Waals surface area (Å²) in [5.74, 6) is 0. The van der Waals surface area contributed by atoms with Gasteiger partial charge in [0.25, 0.3) is 5.56 Å². The summed E-state index contributed by atoms with van der Waals surface area (Å²) in [6, 6.07) is 9.33. The molecule has 3 heterocycles. The number of halogens is 1. The van der Waals surface area contributed by atoms with Crippen LogP contribution in [0.2, 0.25) is 5.02 Å². The van der Waals surface area contributed by atoms with Crippen LogP contribution in [0, 0.1) is 0 Å². The zero-order chi connectivity index (χ0) is 19.0. The Morgan fingerprint density at radius 2 is 1.89 bits per heavy atom. The fourth-order valence-electron chi connectivity index (χ4n) is 3.10. The lowest BCUT2D eigenvalue weighted by Crippen LogP contribution is -2.24. The third-order valence-electron chi connectivity index (χ3n) is 4.49. The molecule has 4 aromatic rings. The fourth-order valence-corrected chi connectivity index (χ4v) is 3.22. The van der Waals surface area contributed by atoms with Gasteiger partial charge in [-0.25, -0.2) is 4.52 Å². The predicted molar refractivity (Wildman–Crippen MR) is 106 cm³/mol. The highest BCUT2D eigenvalue weighted by Crippen LogP contribution is 2.25. The summed E-state index contributed by atoms with van der Waals surface area (Å²) in [7, 11) is 4.03. The monoisotopic (exact) mass is 382 g/mol. The molecule has 0 saturated heterocycles. The van der Waals surface area contributed by atoms with Gasteiger partial charge >= 0.3 is 0 Å². The van der Waals surface area contributed by atoms with E-state index in [1.165, 1.54) is 0 Å². The molecule has 1 aromatic carbocycles. The summed E-state index contributed by atoms with van der Waals surface area (Å²) < 4.78 is 3.34. The Bertz CT molecular complexity index is 1160. The van der Waals surface area contributed by atoms with Gasteiger partial charge in [-0.1, -0.05) is 23.7 Å². The number of benzene rings is 1. The molecular weight excluding hydrogens is 364 g/mol. The Morgan fingerprint density at radius 3 is 2.63 bits per heavy atom. The molecule has 0 aliphatic carbocycles. The minimum atomic E-state index is -0.149. The van der Waals surface area contributed by atoms with E-state index in [2.05, 4.69) is 20.2 Å². The number of fused-ring (bicyclic) bond motifs is 3. The van der Waals surface area contributed by atoms with Crippen molar-refractivity contribution in [3.63, 3.8) is 0 Å². The molecule has 0 spiro atoms. The van der Waals surface area contributed by atoms with Gasteiger partial charge in [0.05, 0.1) is 6.20 Å². The van der Waals surface area contributed by atoms with Crippen LogP contribution < -0.4 is 5.56 Å². The predicted octanol–water partition coefficient (Wildman–Crippen LogP) is 2.71. The molecule has 0 aliphatic heterocycles. The van der Waals surface area contributed by atoms with E-state index in [0.717, 1.165) is 24.1 Å². The molecule has 8 heteroatoms. The maximum atomic E-state index is 12.8. The molecule has 27 heavy (non-hydrogen) atoms. The largest absolute Gasteiger partial charge is 0.313 e. The number of aryl methyl sites for hydroxylation is 1. The molecule has 4 rings (SSSR count). The lowest BCUT2D eigenvalue weighted by molar-refractivity contribution is 0.385. The molecule has 0 radical (unpaired) electrons. The maximum absolute atomic E-state index is 12.8. The number of hydrogen-bond acceptors (Lipinski definition) is 5. The van der Waals surface area contributed by atoms with Crippen LogP contribution in [-0.2, 0) is 6.54 Å². The molecule has 0 atom stereocenters. The zero-order valence-corrected chi connectivity index (χ0v) is 15.9. The maximum Gasteiger partial charge on any atom is 0.280 e. The Kier molecular flexibility index (Phi) is 4.63. The second-order valence-corrected chi connectivity index (χ2v) is 7.14. The minimum Gasteiger partial charge on any atom is -0.313 e. The molecular formula is C19H19ClN6O. The van der Waals surface area contributed by atoms with Crippen molar-refractivity contribution in [1.82, 2.24) is 29.3 Å². The van der Waals surface area contributed by atoms with E-state index in [0.29, 0.717) is 28.2 Å². The average Bonchev–Trinajstić information content (AvgIpc) is 3.08. The first-order valence-corrected chi connectivity index (χ1v) is 9.06. The van der Waals surface area contributed by atoms with Crippen molar-refractivity contribution in [2.24, 2.45) is 0 Å². The van der Waals surface area contributed by atoms with Crippen LogP contribution in [0.5, 0.6) is 0 Å². The molecule has 0 bridgehead atoms. The lowest BCUT2D eigenvalue weighted by atomic mass is 10.1. The summed E-state index contributed by atoms with van der Waals surface area (Å²) >= 11 is 5.97. The Balaban J connectivity index is 1.77. The quantitative estimate of drug-likeness (QED) is 0.531. The van der Waals surface area contributed by atoms with Crippen molar-refractivity contribution >= 4 is 28.3 Å². The van der Waals surface area contributed by atoms with Crippen LogP contribution in [0.3, 0.4) is 0 Å². The summed E-state index contributed by atoms with van der Waals surface area (Å²) in [6.07, 6.45) is 4.41. The highest BCUT2D eigenvalue weighted by molar-refractivity contribution is 6.30. The first kappa shape index (κ1) is 17.6. The van der Waals surface area contributed by atoms with Crippen LogP contribution in [0.25, 0.3) is 27.8 Å². The standard InChI is InChI=1S/C19H19ClN6O/c1-24(2)9-3-10-25-11-8-16-17(19(25)27)22-23-18-15(12-21-26(16)18)13-4-6-14(20)7-5-13/h4-8,11-12H,3,9-10H2,1-2H3. The third kappa shape index (κ3) is 3.31. The van der Waals surface area contributed by atoms with Crippen molar-refractivity contribution in [3.8, 4) is 11.1 Å². The molecule has 0 fully saturated rings. The van der Waals surface area contributed by atoms with E-state index in [1.54, 1.807) is 21.5 Å². The third-order valence-corrected chi connectivity index (χ3v) is 4.75. The second kappa shape index (κ2) is 7.09. The second-order valence-electron chi connectivity index (χ2n) is 6.71. The van der Waals surface area contributed by atoms with Gasteiger partial charge in [0.2, 0.25) is 0 Å². The summed E-state index contributed by atoms with van der Waals surface area (Å²) in [5, 5.41) is 13.6. The lowest BCUT2D eigenvalue weighted by Gasteiger charge is -2.11. The summed E-state index contributed by atoms with van der Waals surface area (Å²) in [4.78, 5) is 14.8. The van der Waals surface area contributed by atoms with E-state index in [4.69, 9.17) is 11.6 Å². The van der Waals surface area contributed by atoms with Gasteiger partial charge in [0.1, 0.15) is 5.52 Å². The van der Waals surface area contributed by atoms with Crippen molar-refractivity contribution in [3.05, 3.63) is 58.1 Å². The number of pyridine rings is 1. The van der Waals surface area contributed by atoms with Crippen LogP contribution in [0.4, 0.5) is 0 Å². The number of nitrogens with zero attached hydrogens (tertiary/aromatic N) is 6. The van der Waals surface area contributed by atoms with Crippen LogP contribution >= 0.6 is 11.6 Å². The normalized spacial score (nSPS) is 11.7. The molecule has 0 amide bonds. The Labute approximate surface area is 160 Å². The number of rotatable bonds is 5. The van der Waals surface area contributed by atoms with E-state index in [1.807, 2.05) is 44.4 Å². The average molecular weight is 383 g/mol. The van der Waals surface area contributed by atoms with Crippen molar-refractivity contribution in [2.75, 3.05) is 20.6 Å². The van der Waals surface area contributed by atoms with Gasteiger partial charge in [0, 0.05) is 23.3 Å². The summed E-state index contributed by atoms with van der Waals surface area (Å²) in [6.45, 7) is 1.56. The van der Waals surface area contributed by atoms with Gasteiger partial charge in [-0.05, 0) is 50.8 Å². The topological polar surface area (TPSA) is 68.3 Å². The Hall–Kier alpha value is -2.77. The first-order chi connectivity index (χ1) is 13.0. The number of hydrogen-bond donors (Lipinski definition) is 0. The van der Waals surface area contributed by atoms with E-state index in [-0.39, 0.29) is 5.56 Å². The molecule has 7 nitrogen and oxygen atoms in total. The van der Waals surface area contributed by atoms with E-state index < -0.39 is 0 Å². The summed E-state index contributed by atoms with van der Waals surface area (Å²) in [5.41, 5.74) is 3.21. The van der Waals surface area contributed by atoms with Gasteiger partial charge in [-0.3, -0.25) is 4.79 Å². The first-order valence-electron chi connectivity index (χ1n) is 8.69. The van der Waals surface area contributed by atoms with Crippen LogP contribution in [-0.4, -0.2) is 49.9 Å². The van der Waals surface area contributed by atoms with Crippen molar-refractivity contribution < 1.29 is 0 Å². The number of aromatic nitrogens is 5. The van der Waals surface area contributed by atoms with E-state index in [9.17, 15) is 4.79 Å². The minimum absolute atomic E-state index is 0.149. The van der Waals surface area contributed by atoms with Crippen LogP contribution in [0.1, 0.15) is 6.42 Å². The van der Waals surface area contributed by atoms with Gasteiger partial charge in [-0.15, -0.1) is 10.2 Å². The van der Waals surface area contributed by atoms with Crippen LogP contribution in [0.15, 0.2) is 47.5 Å². The van der Waals surface area contributed by atoms with Gasteiger partial charge < -0.3 is 9.47 Å².